The Morgan fingerprint density at radius 3 is 2.24 bits per heavy atom. The van der Waals surface area contributed by atoms with Crippen molar-refractivity contribution in [2.45, 2.75) is 18.5 Å². The third-order valence-electron chi connectivity index (χ3n) is 5.41. The largest absolute Gasteiger partial charge is 0.420 e. The van der Waals surface area contributed by atoms with Crippen molar-refractivity contribution in [2.24, 2.45) is 0 Å². The Labute approximate surface area is 205 Å². The average molecular weight is 539 g/mol. The van der Waals surface area contributed by atoms with Crippen molar-refractivity contribution in [2.75, 3.05) is 43.1 Å². The molecule has 0 saturated carbocycles. The molecule has 1 saturated heterocycles. The van der Waals surface area contributed by atoms with Gasteiger partial charge in [0.1, 0.15) is 11.4 Å². The lowest BCUT2D eigenvalue weighted by atomic mass is 10.1. The highest BCUT2D eigenvalue weighted by atomic mass is 19.4. The molecule has 202 valence electrons. The number of hydrogen-bond donors (Lipinski definition) is 2. The third-order valence-corrected chi connectivity index (χ3v) is 5.41. The monoisotopic (exact) mass is 539 g/mol. The first-order valence-corrected chi connectivity index (χ1v) is 10.5. The van der Waals surface area contributed by atoms with Gasteiger partial charge < -0.3 is 19.8 Å². The molecular weight excluding hydrogens is 519 g/mol. The fourth-order valence-electron chi connectivity index (χ4n) is 3.51. The minimum absolute atomic E-state index is 0.00478. The molecule has 2 aromatic carbocycles. The Balaban J connectivity index is 2.10. The molecule has 1 aliphatic heterocycles. The van der Waals surface area contributed by atoms with Crippen LogP contribution in [0.5, 0.6) is 5.75 Å². The van der Waals surface area contributed by atoms with E-state index in [1.807, 2.05) is 0 Å². The number of amides is 3. The van der Waals surface area contributed by atoms with Crippen LogP contribution in [0.1, 0.15) is 11.1 Å². The number of anilines is 2. The van der Waals surface area contributed by atoms with E-state index in [1.54, 1.807) is 0 Å². The van der Waals surface area contributed by atoms with Gasteiger partial charge in [-0.15, -0.1) is 0 Å². The molecule has 1 unspecified atom stereocenters. The van der Waals surface area contributed by atoms with Crippen LogP contribution in [-0.4, -0.2) is 66.6 Å². The number of carbonyl (C=O) groups is 2. The third kappa shape index (κ3) is 6.22. The molecule has 1 fully saturated rings. The van der Waals surface area contributed by atoms with E-state index < -0.39 is 78.7 Å². The van der Waals surface area contributed by atoms with Crippen molar-refractivity contribution in [3.63, 3.8) is 0 Å². The average Bonchev–Trinajstić information content (AvgIpc) is 3.17. The van der Waals surface area contributed by atoms with Crippen LogP contribution in [0.3, 0.4) is 0 Å². The number of β-amino-alcohol motifs (C(OH)–C–C–N with tert-alkyl or cyclic N) is 1. The summed E-state index contributed by atoms with van der Waals surface area (Å²) in [6.45, 7) is -1.81. The Bertz CT molecular complexity index is 1160. The molecule has 0 spiro atoms. The first kappa shape index (κ1) is 28.0. The van der Waals surface area contributed by atoms with Gasteiger partial charge in [-0.25, -0.2) is 14.0 Å². The number of carbonyl (C=O) groups excluding carboxylic acids is 2. The number of nitrogens with zero attached hydrogens (tertiary/aromatic N) is 3. The predicted molar refractivity (Wildman–Crippen MR) is 115 cm³/mol. The molecule has 1 heterocycles. The second-order valence-corrected chi connectivity index (χ2v) is 7.99. The van der Waals surface area contributed by atoms with Crippen molar-refractivity contribution in [1.29, 1.82) is 0 Å². The van der Waals surface area contributed by atoms with Crippen molar-refractivity contribution in [3.8, 4) is 5.75 Å². The van der Waals surface area contributed by atoms with Crippen LogP contribution < -0.4 is 14.5 Å². The Morgan fingerprint density at radius 1 is 1.08 bits per heavy atom. The molecule has 1 atom stereocenters. The zero-order valence-corrected chi connectivity index (χ0v) is 19.0. The fourth-order valence-corrected chi connectivity index (χ4v) is 3.51. The second-order valence-electron chi connectivity index (χ2n) is 7.99. The SMILES string of the molecule is CN(C(=O)Oc1c(N2CCN(CC(O)CO)C2=O)cc(C(F)(F)F)cc1C(F)(F)F)c1ccc(F)cc1. The van der Waals surface area contributed by atoms with Gasteiger partial charge in [0.05, 0.1) is 30.5 Å². The van der Waals surface area contributed by atoms with Crippen LogP contribution >= 0.6 is 0 Å². The summed E-state index contributed by atoms with van der Waals surface area (Å²) >= 11 is 0. The summed E-state index contributed by atoms with van der Waals surface area (Å²) in [5.41, 5.74) is -4.69. The quantitative estimate of drug-likeness (QED) is 0.540. The molecule has 37 heavy (non-hydrogen) atoms. The van der Waals surface area contributed by atoms with E-state index in [2.05, 4.69) is 0 Å². The van der Waals surface area contributed by atoms with Gasteiger partial charge >= 0.3 is 24.5 Å². The van der Waals surface area contributed by atoms with E-state index in [4.69, 9.17) is 9.84 Å². The number of aliphatic hydroxyl groups excluding tert-OH is 2. The number of benzene rings is 2. The molecule has 0 radical (unpaired) electrons. The minimum atomic E-state index is -5.43. The summed E-state index contributed by atoms with van der Waals surface area (Å²) in [5, 5.41) is 18.6. The molecule has 0 bridgehead atoms. The fraction of sp³-hybridized carbons (Fsp3) is 0.364. The van der Waals surface area contributed by atoms with Gasteiger partial charge in [0, 0.05) is 25.8 Å². The van der Waals surface area contributed by atoms with Crippen LogP contribution in [0.25, 0.3) is 0 Å². The Kier molecular flexibility index (Phi) is 7.88. The van der Waals surface area contributed by atoms with Crippen molar-refractivity contribution in [3.05, 3.63) is 53.3 Å². The number of halogens is 7. The summed E-state index contributed by atoms with van der Waals surface area (Å²) in [7, 11) is 1.08. The molecule has 3 amide bonds. The Hall–Kier alpha value is -3.59. The zero-order valence-electron chi connectivity index (χ0n) is 19.0. The van der Waals surface area contributed by atoms with Crippen LogP contribution in [0.15, 0.2) is 36.4 Å². The van der Waals surface area contributed by atoms with E-state index in [9.17, 15) is 45.4 Å². The summed E-state index contributed by atoms with van der Waals surface area (Å²) in [4.78, 5) is 27.7. The number of alkyl halides is 6. The number of aliphatic hydroxyl groups is 2. The van der Waals surface area contributed by atoms with Crippen molar-refractivity contribution < 1.29 is 55.3 Å². The summed E-state index contributed by atoms with van der Waals surface area (Å²) in [5.74, 6) is -2.02. The van der Waals surface area contributed by atoms with Crippen LogP contribution in [-0.2, 0) is 12.4 Å². The molecule has 1 aliphatic rings. The lowest BCUT2D eigenvalue weighted by Gasteiger charge is -2.26. The van der Waals surface area contributed by atoms with Gasteiger partial charge in [0.2, 0.25) is 0 Å². The molecule has 2 aromatic rings. The van der Waals surface area contributed by atoms with Crippen molar-refractivity contribution in [1.82, 2.24) is 4.90 Å². The standard InChI is InChI=1S/C22H20F7N3O5/c1-30(14-4-2-13(23)3-5-14)20(36)37-18-16(22(27,28)29)8-12(21(24,25)26)9-17(18)32-7-6-31(19(32)35)10-15(34)11-33/h2-5,8-9,15,33-34H,6-7,10-11H2,1H3. The molecular formula is C22H20F7N3O5. The maximum atomic E-state index is 13.9. The predicted octanol–water partition coefficient (Wildman–Crippen LogP) is 4.09. The molecule has 15 heteroatoms. The first-order chi connectivity index (χ1) is 17.1. The summed E-state index contributed by atoms with van der Waals surface area (Å²) in [6, 6.07) is 3.08. The van der Waals surface area contributed by atoms with Gasteiger partial charge in [-0.3, -0.25) is 9.80 Å². The summed E-state index contributed by atoms with van der Waals surface area (Å²) < 4.78 is 100. The normalized spacial score (nSPS) is 15.2. The van der Waals surface area contributed by atoms with Gasteiger partial charge in [-0.1, -0.05) is 0 Å². The number of urea groups is 1. The molecule has 0 aromatic heterocycles. The van der Waals surface area contributed by atoms with Crippen LogP contribution in [0.2, 0.25) is 0 Å². The molecule has 3 rings (SSSR count). The number of hydrogen-bond acceptors (Lipinski definition) is 5. The van der Waals surface area contributed by atoms with E-state index in [-0.39, 0.29) is 24.4 Å². The highest BCUT2D eigenvalue weighted by Crippen LogP contribution is 2.47. The van der Waals surface area contributed by atoms with Crippen molar-refractivity contribution >= 4 is 23.5 Å². The van der Waals surface area contributed by atoms with Gasteiger partial charge in [0.15, 0.2) is 5.75 Å². The maximum absolute atomic E-state index is 13.9. The lowest BCUT2D eigenvalue weighted by Crippen LogP contribution is -2.38. The topological polar surface area (TPSA) is 93.6 Å². The van der Waals surface area contributed by atoms with Gasteiger partial charge in [-0.2, -0.15) is 26.3 Å². The van der Waals surface area contributed by atoms with E-state index in [0.29, 0.717) is 9.80 Å². The van der Waals surface area contributed by atoms with E-state index >= 15 is 0 Å². The maximum Gasteiger partial charge on any atom is 0.420 e. The Morgan fingerprint density at radius 2 is 1.70 bits per heavy atom. The number of rotatable bonds is 6. The molecule has 8 nitrogen and oxygen atoms in total. The molecule has 0 aliphatic carbocycles. The van der Waals surface area contributed by atoms with E-state index in [1.165, 1.54) is 0 Å². The lowest BCUT2D eigenvalue weighted by molar-refractivity contribution is -0.143. The highest BCUT2D eigenvalue weighted by molar-refractivity contribution is 5.97. The first-order valence-electron chi connectivity index (χ1n) is 10.5. The van der Waals surface area contributed by atoms with Crippen LogP contribution in [0, 0.1) is 5.82 Å². The minimum Gasteiger partial charge on any atom is -0.407 e. The zero-order chi connectivity index (χ0) is 27.7. The smallest absolute Gasteiger partial charge is 0.407 e. The van der Waals surface area contributed by atoms with Gasteiger partial charge in [-0.05, 0) is 36.4 Å². The second kappa shape index (κ2) is 10.4. The number of ether oxygens (including phenoxy) is 1. The van der Waals surface area contributed by atoms with Crippen LogP contribution in [0.4, 0.5) is 51.7 Å². The van der Waals surface area contributed by atoms with Gasteiger partial charge in [0.25, 0.3) is 0 Å². The summed E-state index contributed by atoms with van der Waals surface area (Å²) in [6.07, 6.45) is -13.6. The van der Waals surface area contributed by atoms with E-state index in [0.717, 1.165) is 36.2 Å². The highest BCUT2D eigenvalue weighted by Gasteiger charge is 2.44. The molecule has 2 N–H and O–H groups in total.